The lowest BCUT2D eigenvalue weighted by Crippen LogP contribution is -2.50. The lowest BCUT2D eigenvalue weighted by Gasteiger charge is -2.39. The van der Waals surface area contributed by atoms with E-state index in [2.05, 4.69) is 64.1 Å². The van der Waals surface area contributed by atoms with Crippen LogP contribution < -0.4 is 5.32 Å². The first-order chi connectivity index (χ1) is 10.6. The van der Waals surface area contributed by atoms with E-state index in [9.17, 15) is 0 Å². The van der Waals surface area contributed by atoms with E-state index in [1.165, 1.54) is 0 Å². The lowest BCUT2D eigenvalue weighted by atomic mass is 9.95. The molecule has 0 saturated carbocycles. The number of nitrogens with zero attached hydrogens (tertiary/aromatic N) is 1. The summed E-state index contributed by atoms with van der Waals surface area (Å²) in [5.41, 5.74) is 1.74. The van der Waals surface area contributed by atoms with Crippen LogP contribution in [0.5, 0.6) is 0 Å². The highest BCUT2D eigenvalue weighted by atomic mass is 28.4. The SMILES string of the molecule is CC1CNCC(C)(c2ncccc2CO[Si](C)(C)C(C)(C)C)O1. The number of ether oxygens (including phenoxy) is 1. The number of hydrogen-bond donors (Lipinski definition) is 1. The minimum absolute atomic E-state index is 0.185. The molecule has 1 N–H and O–H groups in total. The van der Waals surface area contributed by atoms with Gasteiger partial charge in [-0.1, -0.05) is 26.8 Å². The molecule has 0 aliphatic carbocycles. The summed E-state index contributed by atoms with van der Waals surface area (Å²) in [6.45, 7) is 17.8. The number of aromatic nitrogens is 1. The smallest absolute Gasteiger partial charge is 0.192 e. The third kappa shape index (κ3) is 4.21. The van der Waals surface area contributed by atoms with Gasteiger partial charge in [-0.25, -0.2) is 0 Å². The maximum Gasteiger partial charge on any atom is 0.192 e. The second kappa shape index (κ2) is 6.63. The van der Waals surface area contributed by atoms with Gasteiger partial charge in [0.15, 0.2) is 8.32 Å². The Labute approximate surface area is 142 Å². The maximum atomic E-state index is 6.41. The van der Waals surface area contributed by atoms with Gasteiger partial charge in [0, 0.05) is 24.8 Å². The molecular formula is C18H32N2O2Si. The molecule has 2 unspecified atom stereocenters. The van der Waals surface area contributed by atoms with Crippen LogP contribution in [0.15, 0.2) is 18.3 Å². The number of pyridine rings is 1. The Hall–Kier alpha value is -0.753. The number of nitrogens with one attached hydrogen (secondary N) is 1. The van der Waals surface area contributed by atoms with Crippen molar-refractivity contribution in [3.8, 4) is 0 Å². The van der Waals surface area contributed by atoms with E-state index < -0.39 is 13.9 Å². The Morgan fingerprint density at radius 3 is 2.74 bits per heavy atom. The first-order valence-electron chi connectivity index (χ1n) is 8.52. The van der Waals surface area contributed by atoms with Gasteiger partial charge in [0.1, 0.15) is 5.60 Å². The second-order valence-corrected chi connectivity index (χ2v) is 13.2. The fraction of sp³-hybridized carbons (Fsp3) is 0.722. The molecule has 2 heterocycles. The van der Waals surface area contributed by atoms with Crippen LogP contribution >= 0.6 is 0 Å². The Kier molecular flexibility index (Phi) is 5.36. The molecule has 2 atom stereocenters. The van der Waals surface area contributed by atoms with E-state index >= 15 is 0 Å². The quantitative estimate of drug-likeness (QED) is 0.849. The fourth-order valence-electron chi connectivity index (χ4n) is 2.69. The normalized spacial score (nSPS) is 26.3. The maximum absolute atomic E-state index is 6.41. The number of morpholine rings is 1. The predicted molar refractivity (Wildman–Crippen MR) is 97.0 cm³/mol. The topological polar surface area (TPSA) is 43.4 Å². The molecule has 2 rings (SSSR count). The van der Waals surface area contributed by atoms with Crippen molar-refractivity contribution in [2.24, 2.45) is 0 Å². The van der Waals surface area contributed by atoms with E-state index in [4.69, 9.17) is 9.16 Å². The van der Waals surface area contributed by atoms with E-state index in [1.54, 1.807) is 0 Å². The van der Waals surface area contributed by atoms with Crippen LogP contribution in [0.2, 0.25) is 18.1 Å². The molecule has 130 valence electrons. The largest absolute Gasteiger partial charge is 0.412 e. The Morgan fingerprint density at radius 2 is 2.13 bits per heavy atom. The molecule has 4 nitrogen and oxygen atoms in total. The van der Waals surface area contributed by atoms with E-state index in [-0.39, 0.29) is 11.1 Å². The fourth-order valence-corrected chi connectivity index (χ4v) is 3.64. The van der Waals surface area contributed by atoms with Crippen LogP contribution in [0.1, 0.15) is 45.9 Å². The van der Waals surface area contributed by atoms with Gasteiger partial charge in [-0.05, 0) is 38.0 Å². The number of hydrogen-bond acceptors (Lipinski definition) is 4. The molecule has 0 amide bonds. The minimum atomic E-state index is -1.78. The summed E-state index contributed by atoms with van der Waals surface area (Å²) < 4.78 is 12.6. The van der Waals surface area contributed by atoms with Gasteiger partial charge in [0.25, 0.3) is 0 Å². The molecule has 0 spiro atoms. The van der Waals surface area contributed by atoms with Crippen LogP contribution in [0, 0.1) is 0 Å². The van der Waals surface area contributed by atoms with Gasteiger partial charge in [0.2, 0.25) is 0 Å². The molecule has 1 aromatic rings. The first-order valence-corrected chi connectivity index (χ1v) is 11.4. The van der Waals surface area contributed by atoms with Crippen LogP contribution in [-0.2, 0) is 21.4 Å². The summed E-state index contributed by atoms with van der Waals surface area (Å²) in [7, 11) is -1.78. The summed E-state index contributed by atoms with van der Waals surface area (Å²) in [6, 6.07) is 4.10. The summed E-state index contributed by atoms with van der Waals surface area (Å²) in [4.78, 5) is 4.64. The van der Waals surface area contributed by atoms with Gasteiger partial charge in [0.05, 0.1) is 18.4 Å². The van der Waals surface area contributed by atoms with Crippen LogP contribution in [0.25, 0.3) is 0 Å². The molecule has 1 aliphatic rings. The molecule has 1 fully saturated rings. The highest BCUT2D eigenvalue weighted by Crippen LogP contribution is 2.38. The molecule has 0 bridgehead atoms. The standard InChI is InChI=1S/C18H32N2O2Si/c1-14-11-19-13-18(5,22-14)16-15(9-8-10-20-16)12-21-23(6,7)17(2,3)4/h8-10,14,19H,11-13H2,1-7H3. The van der Waals surface area contributed by atoms with Crippen molar-refractivity contribution >= 4 is 8.32 Å². The summed E-state index contributed by atoms with van der Waals surface area (Å²) in [5.74, 6) is 0. The number of rotatable bonds is 4. The highest BCUT2D eigenvalue weighted by Gasteiger charge is 2.39. The van der Waals surface area contributed by atoms with Gasteiger partial charge in [-0.3, -0.25) is 4.98 Å². The van der Waals surface area contributed by atoms with Crippen molar-refractivity contribution in [1.29, 1.82) is 0 Å². The highest BCUT2D eigenvalue weighted by molar-refractivity contribution is 6.74. The molecular weight excluding hydrogens is 304 g/mol. The average Bonchev–Trinajstić information content (AvgIpc) is 2.44. The Bertz CT molecular complexity index is 542. The Balaban J connectivity index is 2.21. The zero-order valence-electron chi connectivity index (χ0n) is 15.7. The van der Waals surface area contributed by atoms with Gasteiger partial charge in [-0.2, -0.15) is 0 Å². The van der Waals surface area contributed by atoms with Gasteiger partial charge >= 0.3 is 0 Å². The molecule has 1 aliphatic heterocycles. The third-order valence-electron chi connectivity index (χ3n) is 5.14. The molecule has 0 aromatic carbocycles. The molecule has 0 radical (unpaired) electrons. The third-order valence-corrected chi connectivity index (χ3v) is 9.62. The summed E-state index contributed by atoms with van der Waals surface area (Å²) in [5, 5.41) is 3.66. The zero-order valence-corrected chi connectivity index (χ0v) is 16.7. The van der Waals surface area contributed by atoms with E-state index in [0.29, 0.717) is 6.61 Å². The van der Waals surface area contributed by atoms with E-state index in [1.807, 2.05) is 12.3 Å². The molecule has 5 heteroatoms. The van der Waals surface area contributed by atoms with Crippen molar-refractivity contribution in [2.45, 2.75) is 71.1 Å². The van der Waals surface area contributed by atoms with Gasteiger partial charge in [-0.15, -0.1) is 0 Å². The lowest BCUT2D eigenvalue weighted by molar-refractivity contribution is -0.106. The predicted octanol–water partition coefficient (Wildman–Crippen LogP) is 3.83. The van der Waals surface area contributed by atoms with Crippen molar-refractivity contribution in [3.63, 3.8) is 0 Å². The Morgan fingerprint density at radius 1 is 1.43 bits per heavy atom. The van der Waals surface area contributed by atoms with E-state index in [0.717, 1.165) is 24.3 Å². The summed E-state index contributed by atoms with van der Waals surface area (Å²) >= 11 is 0. The van der Waals surface area contributed by atoms with Crippen molar-refractivity contribution in [1.82, 2.24) is 10.3 Å². The zero-order chi connectivity index (χ0) is 17.3. The van der Waals surface area contributed by atoms with Gasteiger partial charge < -0.3 is 14.5 Å². The van der Waals surface area contributed by atoms with Crippen molar-refractivity contribution < 1.29 is 9.16 Å². The molecule has 23 heavy (non-hydrogen) atoms. The monoisotopic (exact) mass is 336 g/mol. The minimum Gasteiger partial charge on any atom is -0.412 e. The summed E-state index contributed by atoms with van der Waals surface area (Å²) in [6.07, 6.45) is 2.03. The van der Waals surface area contributed by atoms with Crippen LogP contribution in [-0.4, -0.2) is 32.5 Å². The molecule has 1 aromatic heterocycles. The van der Waals surface area contributed by atoms with Crippen LogP contribution in [0.3, 0.4) is 0 Å². The average molecular weight is 337 g/mol. The second-order valence-electron chi connectivity index (χ2n) is 8.35. The molecule has 1 saturated heterocycles. The van der Waals surface area contributed by atoms with Crippen LogP contribution in [0.4, 0.5) is 0 Å². The first kappa shape index (κ1) is 18.6. The van der Waals surface area contributed by atoms with Crippen molar-refractivity contribution in [2.75, 3.05) is 13.1 Å². The van der Waals surface area contributed by atoms with Crippen molar-refractivity contribution in [3.05, 3.63) is 29.6 Å².